The monoisotopic (exact) mass is 514 g/mol. The standard InChI is InChI=1S/C25H26N4O4S.ClH/c1-31-19-8-9-20-23(16-19)34-25(26-20)29(11-5-10-28-12-14-32-15-13-28)24(30)21-17-22(33-27-21)18-6-3-2-4-7-18;/h2-4,6-9,16-17H,5,10-15H2,1H3;1H. The molecule has 0 atom stereocenters. The molecule has 0 saturated carbocycles. The van der Waals surface area contributed by atoms with E-state index >= 15 is 0 Å². The molecule has 0 unspecified atom stereocenters. The molecule has 0 N–H and O–H groups in total. The summed E-state index contributed by atoms with van der Waals surface area (Å²) >= 11 is 1.47. The van der Waals surface area contributed by atoms with Gasteiger partial charge in [-0.25, -0.2) is 4.98 Å². The maximum atomic E-state index is 13.6. The summed E-state index contributed by atoms with van der Waals surface area (Å²) in [6, 6.07) is 17.1. The number of anilines is 1. The number of methoxy groups -OCH3 is 1. The van der Waals surface area contributed by atoms with Gasteiger partial charge in [-0.3, -0.25) is 14.6 Å². The van der Waals surface area contributed by atoms with E-state index in [0.29, 0.717) is 17.4 Å². The fourth-order valence-corrected chi connectivity index (χ4v) is 4.97. The Balaban J connectivity index is 0.00000289. The lowest BCUT2D eigenvalue weighted by Gasteiger charge is -2.27. The van der Waals surface area contributed by atoms with E-state index in [-0.39, 0.29) is 24.0 Å². The van der Waals surface area contributed by atoms with E-state index in [0.717, 1.165) is 60.8 Å². The number of benzene rings is 2. The number of fused-ring (bicyclic) bond motifs is 1. The number of nitrogens with zero attached hydrogens (tertiary/aromatic N) is 4. The zero-order chi connectivity index (χ0) is 23.3. The molecule has 1 saturated heterocycles. The Bertz CT molecular complexity index is 1260. The molecule has 1 aliphatic rings. The van der Waals surface area contributed by atoms with Gasteiger partial charge in [0.05, 0.1) is 30.5 Å². The number of morpholine rings is 1. The van der Waals surface area contributed by atoms with Gasteiger partial charge in [-0.1, -0.05) is 46.8 Å². The summed E-state index contributed by atoms with van der Waals surface area (Å²) < 4.78 is 17.2. The second-order valence-corrected chi connectivity index (χ2v) is 9.05. The molecule has 0 aliphatic carbocycles. The van der Waals surface area contributed by atoms with E-state index in [1.54, 1.807) is 18.1 Å². The van der Waals surface area contributed by atoms with Crippen LogP contribution in [0.1, 0.15) is 16.9 Å². The van der Waals surface area contributed by atoms with E-state index in [4.69, 9.17) is 19.0 Å². The molecule has 184 valence electrons. The number of aromatic nitrogens is 2. The number of rotatable bonds is 8. The van der Waals surface area contributed by atoms with Crippen molar-refractivity contribution in [2.24, 2.45) is 0 Å². The van der Waals surface area contributed by atoms with Gasteiger partial charge in [0.25, 0.3) is 5.91 Å². The lowest BCUT2D eigenvalue weighted by Crippen LogP contribution is -2.39. The molecule has 3 heterocycles. The molecule has 0 radical (unpaired) electrons. The Labute approximate surface area is 213 Å². The molecule has 2 aromatic carbocycles. The Kier molecular flexibility index (Phi) is 8.35. The van der Waals surface area contributed by atoms with Crippen LogP contribution in [0.25, 0.3) is 21.5 Å². The molecule has 1 fully saturated rings. The first-order chi connectivity index (χ1) is 16.7. The second-order valence-electron chi connectivity index (χ2n) is 8.04. The average Bonchev–Trinajstić information content (AvgIpc) is 3.54. The molecular formula is C25H27ClN4O4S. The number of hydrogen-bond donors (Lipinski definition) is 0. The molecule has 10 heteroatoms. The predicted molar refractivity (Wildman–Crippen MR) is 139 cm³/mol. The SMILES string of the molecule is COc1ccc2nc(N(CCCN3CCOCC3)C(=O)c3cc(-c4ccccc4)on3)sc2c1.Cl. The van der Waals surface area contributed by atoms with Gasteiger partial charge in [-0.2, -0.15) is 0 Å². The number of halogens is 1. The minimum atomic E-state index is -0.223. The minimum Gasteiger partial charge on any atom is -0.497 e. The Morgan fingerprint density at radius 2 is 1.94 bits per heavy atom. The summed E-state index contributed by atoms with van der Waals surface area (Å²) in [5.74, 6) is 1.10. The summed E-state index contributed by atoms with van der Waals surface area (Å²) in [7, 11) is 1.64. The highest BCUT2D eigenvalue weighted by Gasteiger charge is 2.25. The zero-order valence-corrected chi connectivity index (χ0v) is 21.0. The van der Waals surface area contributed by atoms with E-state index in [1.165, 1.54) is 11.3 Å². The van der Waals surface area contributed by atoms with Gasteiger partial charge in [0.2, 0.25) is 0 Å². The molecule has 1 amide bonds. The van der Waals surface area contributed by atoms with Gasteiger partial charge >= 0.3 is 0 Å². The van der Waals surface area contributed by atoms with E-state index < -0.39 is 0 Å². The highest BCUT2D eigenvalue weighted by molar-refractivity contribution is 7.22. The fraction of sp³-hybridized carbons (Fsp3) is 0.320. The van der Waals surface area contributed by atoms with Crippen molar-refractivity contribution in [3.05, 3.63) is 60.3 Å². The van der Waals surface area contributed by atoms with E-state index in [1.807, 2.05) is 48.5 Å². The Hall–Kier alpha value is -2.98. The quantitative estimate of drug-likeness (QED) is 0.335. The number of thiazole rings is 1. The molecule has 35 heavy (non-hydrogen) atoms. The highest BCUT2D eigenvalue weighted by Crippen LogP contribution is 2.32. The molecule has 0 spiro atoms. The first-order valence-corrected chi connectivity index (χ1v) is 12.1. The molecule has 1 aliphatic heterocycles. The normalized spacial score (nSPS) is 14.0. The van der Waals surface area contributed by atoms with Crippen molar-refractivity contribution in [1.82, 2.24) is 15.0 Å². The molecule has 0 bridgehead atoms. The number of hydrogen-bond acceptors (Lipinski definition) is 8. The maximum absolute atomic E-state index is 13.6. The molecule has 4 aromatic rings. The fourth-order valence-electron chi connectivity index (χ4n) is 3.95. The maximum Gasteiger partial charge on any atom is 0.282 e. The van der Waals surface area contributed by atoms with Crippen LogP contribution in [0.15, 0.2) is 59.1 Å². The molecule has 8 nitrogen and oxygen atoms in total. The van der Waals surface area contributed by atoms with Crippen LogP contribution >= 0.6 is 23.7 Å². The third-order valence-electron chi connectivity index (χ3n) is 5.81. The van der Waals surface area contributed by atoms with Crippen molar-refractivity contribution in [3.63, 3.8) is 0 Å². The van der Waals surface area contributed by atoms with E-state index in [9.17, 15) is 4.79 Å². The third kappa shape index (κ3) is 5.82. The van der Waals surface area contributed by atoms with Crippen molar-refractivity contribution in [3.8, 4) is 17.1 Å². The van der Waals surface area contributed by atoms with Crippen LogP contribution in [0.3, 0.4) is 0 Å². The largest absolute Gasteiger partial charge is 0.497 e. The van der Waals surface area contributed by atoms with Crippen molar-refractivity contribution in [2.75, 3.05) is 51.4 Å². The lowest BCUT2D eigenvalue weighted by molar-refractivity contribution is 0.0376. The Morgan fingerprint density at radius 1 is 1.14 bits per heavy atom. The van der Waals surface area contributed by atoms with Crippen molar-refractivity contribution < 1.29 is 18.8 Å². The van der Waals surface area contributed by atoms with Crippen LogP contribution in [-0.4, -0.2) is 67.5 Å². The van der Waals surface area contributed by atoms with Gasteiger partial charge in [0.15, 0.2) is 16.6 Å². The van der Waals surface area contributed by atoms with Crippen LogP contribution in [0.2, 0.25) is 0 Å². The topological polar surface area (TPSA) is 80.9 Å². The first-order valence-electron chi connectivity index (χ1n) is 11.3. The van der Waals surface area contributed by atoms with Crippen LogP contribution < -0.4 is 9.64 Å². The Morgan fingerprint density at radius 3 is 2.71 bits per heavy atom. The molecule has 5 rings (SSSR count). The number of carbonyl (C=O) groups excluding carboxylic acids is 1. The van der Waals surface area contributed by atoms with E-state index in [2.05, 4.69) is 10.1 Å². The number of carbonyl (C=O) groups is 1. The summed E-state index contributed by atoms with van der Waals surface area (Å²) in [5, 5.41) is 4.72. The summed E-state index contributed by atoms with van der Waals surface area (Å²) in [5.41, 5.74) is 1.97. The van der Waals surface area contributed by atoms with Crippen LogP contribution in [-0.2, 0) is 4.74 Å². The lowest BCUT2D eigenvalue weighted by atomic mass is 10.1. The van der Waals surface area contributed by atoms with Gasteiger partial charge in [-0.05, 0) is 24.6 Å². The molecular weight excluding hydrogens is 488 g/mol. The van der Waals surface area contributed by atoms with Crippen molar-refractivity contribution in [2.45, 2.75) is 6.42 Å². The van der Waals surface area contributed by atoms with Crippen LogP contribution in [0.4, 0.5) is 5.13 Å². The van der Waals surface area contributed by atoms with Gasteiger partial charge in [0.1, 0.15) is 5.75 Å². The average molecular weight is 515 g/mol. The van der Waals surface area contributed by atoms with Crippen LogP contribution in [0, 0.1) is 0 Å². The van der Waals surface area contributed by atoms with Crippen LogP contribution in [0.5, 0.6) is 5.75 Å². The zero-order valence-electron chi connectivity index (χ0n) is 19.4. The number of amides is 1. The summed E-state index contributed by atoms with van der Waals surface area (Å²) in [6.07, 6.45) is 0.814. The second kappa shape index (κ2) is 11.6. The van der Waals surface area contributed by atoms with Crippen molar-refractivity contribution in [1.29, 1.82) is 0 Å². The minimum absolute atomic E-state index is 0. The smallest absolute Gasteiger partial charge is 0.282 e. The van der Waals surface area contributed by atoms with Gasteiger partial charge in [-0.15, -0.1) is 12.4 Å². The summed E-state index contributed by atoms with van der Waals surface area (Å²) in [4.78, 5) is 22.4. The van der Waals surface area contributed by atoms with Crippen molar-refractivity contribution >= 4 is 45.0 Å². The third-order valence-corrected chi connectivity index (χ3v) is 6.85. The van der Waals surface area contributed by atoms with Gasteiger partial charge in [0, 0.05) is 37.8 Å². The highest BCUT2D eigenvalue weighted by atomic mass is 35.5. The molecule has 2 aromatic heterocycles. The van der Waals surface area contributed by atoms with Gasteiger partial charge < -0.3 is 14.0 Å². The first kappa shape index (κ1) is 25.1. The predicted octanol–water partition coefficient (Wildman–Crippen LogP) is 4.75. The number of ether oxygens (including phenoxy) is 2. The summed E-state index contributed by atoms with van der Waals surface area (Å²) in [6.45, 7) is 4.75.